The molecule has 0 fully saturated rings. The third-order valence-electron chi connectivity index (χ3n) is 3.11. The zero-order valence-electron chi connectivity index (χ0n) is 12.4. The summed E-state index contributed by atoms with van der Waals surface area (Å²) in [4.78, 5) is 12.0. The standard InChI is InChI=1S/C16H13ClN4O3/c17-11-4-5-15(14(6-11)21-9-18-19-10-21)24-8-16(23)20-12-2-1-3-13(22)7-12/h1-7,9-10,22H,8H2,(H,20,23). The largest absolute Gasteiger partial charge is 0.508 e. The average Bonchev–Trinajstić information content (AvgIpc) is 3.08. The van der Waals surface area contributed by atoms with E-state index in [9.17, 15) is 9.90 Å². The summed E-state index contributed by atoms with van der Waals surface area (Å²) in [5.74, 6) is 0.178. The number of nitrogens with one attached hydrogen (secondary N) is 1. The number of amides is 1. The van der Waals surface area contributed by atoms with E-state index < -0.39 is 0 Å². The number of phenols is 1. The van der Waals surface area contributed by atoms with E-state index in [1.807, 2.05) is 0 Å². The number of carbonyl (C=O) groups excluding carboxylic acids is 1. The minimum atomic E-state index is -0.356. The predicted octanol–water partition coefficient (Wildman–Crippen LogP) is 2.64. The average molecular weight is 345 g/mol. The lowest BCUT2D eigenvalue weighted by molar-refractivity contribution is -0.118. The fourth-order valence-electron chi connectivity index (χ4n) is 2.06. The molecule has 3 rings (SSSR count). The molecule has 24 heavy (non-hydrogen) atoms. The molecule has 7 nitrogen and oxygen atoms in total. The molecule has 0 unspecified atom stereocenters. The number of anilines is 1. The highest BCUT2D eigenvalue weighted by molar-refractivity contribution is 6.30. The fourth-order valence-corrected chi connectivity index (χ4v) is 2.23. The molecule has 0 aliphatic rings. The first-order chi connectivity index (χ1) is 11.6. The van der Waals surface area contributed by atoms with Crippen molar-refractivity contribution in [3.8, 4) is 17.2 Å². The van der Waals surface area contributed by atoms with Crippen LogP contribution < -0.4 is 10.1 Å². The molecule has 1 heterocycles. The van der Waals surface area contributed by atoms with E-state index in [-0.39, 0.29) is 18.3 Å². The SMILES string of the molecule is O=C(COc1ccc(Cl)cc1-n1cnnc1)Nc1cccc(O)c1. The second-order valence-electron chi connectivity index (χ2n) is 4.87. The zero-order valence-corrected chi connectivity index (χ0v) is 13.1. The maximum Gasteiger partial charge on any atom is 0.262 e. The summed E-state index contributed by atoms with van der Waals surface area (Å²) in [6.45, 7) is -0.202. The van der Waals surface area contributed by atoms with Crippen LogP contribution in [0.4, 0.5) is 5.69 Å². The molecule has 8 heteroatoms. The van der Waals surface area contributed by atoms with Gasteiger partial charge in [0.2, 0.25) is 0 Å². The molecule has 122 valence electrons. The van der Waals surface area contributed by atoms with E-state index >= 15 is 0 Å². The van der Waals surface area contributed by atoms with E-state index in [2.05, 4.69) is 15.5 Å². The Morgan fingerprint density at radius 1 is 1.21 bits per heavy atom. The number of aromatic nitrogens is 3. The number of hydrogen-bond donors (Lipinski definition) is 2. The Bertz CT molecular complexity index is 852. The number of halogens is 1. The molecule has 0 radical (unpaired) electrons. The van der Waals surface area contributed by atoms with Crippen LogP contribution in [0.25, 0.3) is 5.69 Å². The Kier molecular flexibility index (Phi) is 4.62. The highest BCUT2D eigenvalue weighted by Crippen LogP contribution is 2.26. The van der Waals surface area contributed by atoms with Crippen LogP contribution in [0.3, 0.4) is 0 Å². The van der Waals surface area contributed by atoms with Crippen molar-refractivity contribution in [3.05, 3.63) is 60.1 Å². The number of aromatic hydroxyl groups is 1. The second-order valence-corrected chi connectivity index (χ2v) is 5.30. The second kappa shape index (κ2) is 7.01. The molecule has 0 aliphatic heterocycles. The summed E-state index contributed by atoms with van der Waals surface area (Å²) in [6.07, 6.45) is 3.01. The Balaban J connectivity index is 1.69. The van der Waals surface area contributed by atoms with Crippen molar-refractivity contribution in [1.29, 1.82) is 0 Å². The van der Waals surface area contributed by atoms with Gasteiger partial charge in [-0.2, -0.15) is 0 Å². The molecule has 3 aromatic rings. The van der Waals surface area contributed by atoms with Crippen LogP contribution in [-0.2, 0) is 4.79 Å². The predicted molar refractivity (Wildman–Crippen MR) is 88.6 cm³/mol. The first-order valence-electron chi connectivity index (χ1n) is 6.98. The van der Waals surface area contributed by atoms with Gasteiger partial charge in [0.1, 0.15) is 24.2 Å². The van der Waals surface area contributed by atoms with Gasteiger partial charge in [-0.05, 0) is 30.3 Å². The minimum Gasteiger partial charge on any atom is -0.508 e. The van der Waals surface area contributed by atoms with Crippen molar-refractivity contribution in [2.45, 2.75) is 0 Å². The maximum absolute atomic E-state index is 12.0. The molecule has 1 amide bonds. The monoisotopic (exact) mass is 344 g/mol. The van der Waals surface area contributed by atoms with Gasteiger partial charge < -0.3 is 15.2 Å². The normalized spacial score (nSPS) is 10.4. The van der Waals surface area contributed by atoms with Gasteiger partial charge in [0.05, 0.1) is 5.69 Å². The van der Waals surface area contributed by atoms with Gasteiger partial charge in [-0.25, -0.2) is 0 Å². The molecule has 2 N–H and O–H groups in total. The molecule has 2 aromatic carbocycles. The zero-order chi connectivity index (χ0) is 16.9. The highest BCUT2D eigenvalue weighted by Gasteiger charge is 2.10. The van der Waals surface area contributed by atoms with Crippen molar-refractivity contribution >= 4 is 23.2 Å². The van der Waals surface area contributed by atoms with Gasteiger partial charge in [-0.3, -0.25) is 9.36 Å². The number of rotatable bonds is 5. The molecule has 1 aromatic heterocycles. The third kappa shape index (κ3) is 3.82. The van der Waals surface area contributed by atoms with E-state index in [0.717, 1.165) is 0 Å². The van der Waals surface area contributed by atoms with Gasteiger partial charge in [0, 0.05) is 16.8 Å². The van der Waals surface area contributed by atoms with Crippen LogP contribution in [-0.4, -0.2) is 32.4 Å². The summed E-state index contributed by atoms with van der Waals surface area (Å²) in [7, 11) is 0. The molecule has 0 saturated heterocycles. The van der Waals surface area contributed by atoms with Crippen molar-refractivity contribution in [1.82, 2.24) is 14.8 Å². The molecule has 0 atom stereocenters. The number of phenolic OH excluding ortho intramolecular Hbond substituents is 1. The molecule has 0 saturated carbocycles. The summed E-state index contributed by atoms with van der Waals surface area (Å²) in [5.41, 5.74) is 1.11. The third-order valence-corrected chi connectivity index (χ3v) is 3.34. The van der Waals surface area contributed by atoms with Crippen molar-refractivity contribution in [2.75, 3.05) is 11.9 Å². The van der Waals surface area contributed by atoms with Crippen LogP contribution in [0, 0.1) is 0 Å². The molecule has 0 aliphatic carbocycles. The lowest BCUT2D eigenvalue weighted by atomic mass is 10.3. The van der Waals surface area contributed by atoms with Gasteiger partial charge in [0.25, 0.3) is 5.91 Å². The van der Waals surface area contributed by atoms with Crippen LogP contribution >= 0.6 is 11.6 Å². The highest BCUT2D eigenvalue weighted by atomic mass is 35.5. The van der Waals surface area contributed by atoms with Crippen LogP contribution in [0.5, 0.6) is 11.5 Å². The Morgan fingerprint density at radius 3 is 2.75 bits per heavy atom. The maximum atomic E-state index is 12.0. The molecular weight excluding hydrogens is 332 g/mol. The Labute approximate surface area is 142 Å². The Morgan fingerprint density at radius 2 is 2.00 bits per heavy atom. The smallest absolute Gasteiger partial charge is 0.262 e. The minimum absolute atomic E-state index is 0.0707. The first-order valence-corrected chi connectivity index (χ1v) is 7.36. The van der Waals surface area contributed by atoms with E-state index in [1.54, 1.807) is 34.9 Å². The number of carbonyl (C=O) groups is 1. The van der Waals surface area contributed by atoms with Gasteiger partial charge in [0.15, 0.2) is 6.61 Å². The van der Waals surface area contributed by atoms with Gasteiger partial charge in [-0.15, -0.1) is 10.2 Å². The molecule has 0 spiro atoms. The van der Waals surface area contributed by atoms with Crippen LogP contribution in [0.15, 0.2) is 55.1 Å². The number of nitrogens with zero attached hydrogens (tertiary/aromatic N) is 3. The van der Waals surface area contributed by atoms with E-state index in [4.69, 9.17) is 16.3 Å². The van der Waals surface area contributed by atoms with Crippen molar-refractivity contribution < 1.29 is 14.6 Å². The van der Waals surface area contributed by atoms with Crippen LogP contribution in [0.1, 0.15) is 0 Å². The lowest BCUT2D eigenvalue weighted by Gasteiger charge is -2.12. The van der Waals surface area contributed by atoms with Crippen molar-refractivity contribution in [3.63, 3.8) is 0 Å². The Hall–Kier alpha value is -3.06. The van der Waals surface area contributed by atoms with E-state index in [0.29, 0.717) is 22.1 Å². The topological polar surface area (TPSA) is 89.3 Å². The number of benzene rings is 2. The van der Waals surface area contributed by atoms with E-state index in [1.165, 1.54) is 24.8 Å². The lowest BCUT2D eigenvalue weighted by Crippen LogP contribution is -2.20. The number of hydrogen-bond acceptors (Lipinski definition) is 5. The molecular formula is C16H13ClN4O3. The summed E-state index contributed by atoms with van der Waals surface area (Å²) >= 11 is 6.01. The summed E-state index contributed by atoms with van der Waals surface area (Å²) in [6, 6.07) is 11.3. The van der Waals surface area contributed by atoms with Gasteiger partial charge >= 0.3 is 0 Å². The van der Waals surface area contributed by atoms with Crippen LogP contribution in [0.2, 0.25) is 5.02 Å². The van der Waals surface area contributed by atoms with Gasteiger partial charge in [-0.1, -0.05) is 17.7 Å². The molecule has 0 bridgehead atoms. The number of ether oxygens (including phenoxy) is 1. The first kappa shape index (κ1) is 15.8. The van der Waals surface area contributed by atoms with Crippen molar-refractivity contribution in [2.24, 2.45) is 0 Å². The summed E-state index contributed by atoms with van der Waals surface area (Å²) in [5, 5.41) is 20.0. The fraction of sp³-hybridized carbons (Fsp3) is 0.0625. The quantitative estimate of drug-likeness (QED) is 0.742. The summed E-state index contributed by atoms with van der Waals surface area (Å²) < 4.78 is 7.20.